The first kappa shape index (κ1) is 27.8. The molecule has 1 unspecified atom stereocenters. The van der Waals surface area contributed by atoms with Crippen LogP contribution in [-0.2, 0) is 14.3 Å². The molecule has 2 N–H and O–H groups in total. The second kappa shape index (κ2) is 14.7. The number of carbonyl (C=O) groups is 2. The zero-order valence-electron chi connectivity index (χ0n) is 19.3. The summed E-state index contributed by atoms with van der Waals surface area (Å²) in [6.07, 6.45) is 11.7. The number of carbonyl (C=O) groups excluding carboxylic acids is 2. The van der Waals surface area contributed by atoms with Gasteiger partial charge in [0.15, 0.2) is 0 Å². The summed E-state index contributed by atoms with van der Waals surface area (Å²) in [4.78, 5) is 23.3. The van der Waals surface area contributed by atoms with Crippen LogP contribution in [0.2, 0.25) is 0 Å². The summed E-state index contributed by atoms with van der Waals surface area (Å²) in [6.45, 7) is 3.95. The number of ether oxygens (including phenoxy) is 1. The zero-order chi connectivity index (χ0) is 20.3. The number of aliphatic hydroxyl groups is 2. The maximum Gasteiger partial charge on any atom is 1.00 e. The van der Waals surface area contributed by atoms with Crippen LogP contribution < -0.4 is 29.6 Å². The summed E-state index contributed by atoms with van der Waals surface area (Å²) < 4.78 is 4.62. The Bertz CT molecular complexity index is 496. The van der Waals surface area contributed by atoms with Crippen molar-refractivity contribution < 1.29 is 55.5 Å². The van der Waals surface area contributed by atoms with Gasteiger partial charge in [-0.25, -0.2) is 0 Å². The molecule has 1 fully saturated rings. The Balaban J connectivity index is 0. The van der Waals surface area contributed by atoms with E-state index in [1.54, 1.807) is 0 Å². The summed E-state index contributed by atoms with van der Waals surface area (Å²) in [6, 6.07) is 0. The molecule has 1 saturated carbocycles. The summed E-state index contributed by atoms with van der Waals surface area (Å²) in [7, 11) is 1.40. The number of ketones is 1. The monoisotopic (exact) mass is 406 g/mol. The Labute approximate surface area is 194 Å². The first-order valence-corrected chi connectivity index (χ1v) is 10.5. The van der Waals surface area contributed by atoms with Crippen LogP contribution in [0.3, 0.4) is 0 Å². The van der Waals surface area contributed by atoms with Crippen LogP contribution in [0.25, 0.3) is 0 Å². The summed E-state index contributed by atoms with van der Waals surface area (Å²) in [5.74, 6) is -0.305. The van der Waals surface area contributed by atoms with E-state index < -0.39 is 11.7 Å². The predicted octanol–water partition coefficient (Wildman–Crippen LogP) is 1.07. The molecule has 0 aromatic rings. The third-order valence-corrected chi connectivity index (χ3v) is 5.59. The van der Waals surface area contributed by atoms with E-state index in [-0.39, 0.29) is 61.0 Å². The second-order valence-corrected chi connectivity index (χ2v) is 8.18. The Morgan fingerprint density at radius 1 is 1.29 bits per heavy atom. The number of methoxy groups -OCH3 is 1. The normalized spacial score (nSPS) is 24.2. The fourth-order valence-electron chi connectivity index (χ4n) is 3.82. The van der Waals surface area contributed by atoms with E-state index in [2.05, 4.69) is 11.7 Å². The molecule has 0 saturated heterocycles. The Kier molecular flexibility index (Phi) is 14.6. The van der Waals surface area contributed by atoms with Gasteiger partial charge in [-0.3, -0.25) is 9.59 Å². The summed E-state index contributed by atoms with van der Waals surface area (Å²) in [5, 5.41) is 20.6. The van der Waals surface area contributed by atoms with Gasteiger partial charge in [-0.05, 0) is 32.6 Å². The van der Waals surface area contributed by atoms with Crippen LogP contribution in [0, 0.1) is 11.8 Å². The Morgan fingerprint density at radius 3 is 2.61 bits per heavy atom. The van der Waals surface area contributed by atoms with E-state index in [4.69, 9.17) is 0 Å². The largest absolute Gasteiger partial charge is 1.00 e. The molecule has 0 aliphatic heterocycles. The van der Waals surface area contributed by atoms with Crippen molar-refractivity contribution in [2.75, 3.05) is 7.11 Å². The van der Waals surface area contributed by atoms with Crippen LogP contribution >= 0.6 is 0 Å². The number of rotatable bonds is 13. The Morgan fingerprint density at radius 2 is 1.96 bits per heavy atom. The van der Waals surface area contributed by atoms with Gasteiger partial charge in [0.25, 0.3) is 0 Å². The van der Waals surface area contributed by atoms with Gasteiger partial charge in [-0.15, -0.1) is 0 Å². The van der Waals surface area contributed by atoms with Gasteiger partial charge in [0, 0.05) is 24.7 Å². The predicted molar refractivity (Wildman–Crippen MR) is 107 cm³/mol. The molecule has 0 aromatic carbocycles. The van der Waals surface area contributed by atoms with Crippen molar-refractivity contribution in [1.29, 1.82) is 0 Å². The molecule has 4 atom stereocenters. The van der Waals surface area contributed by atoms with Crippen molar-refractivity contribution in [3.05, 3.63) is 12.2 Å². The van der Waals surface area contributed by atoms with Crippen molar-refractivity contribution >= 4 is 11.8 Å². The molecule has 1 rings (SSSR count). The van der Waals surface area contributed by atoms with Gasteiger partial charge in [-0.2, -0.15) is 0 Å². The molecule has 0 radical (unpaired) electrons. The van der Waals surface area contributed by atoms with Gasteiger partial charge in [0.1, 0.15) is 5.78 Å². The number of unbranched alkanes of at least 4 members (excludes halogenated alkanes) is 4. The maximum atomic E-state index is 12.2. The molecular formula is C22H39NaO5. The maximum absolute atomic E-state index is 12.2. The van der Waals surface area contributed by atoms with E-state index in [1.807, 2.05) is 19.1 Å². The molecule has 1 aliphatic carbocycles. The van der Waals surface area contributed by atoms with Crippen molar-refractivity contribution in [2.24, 2.45) is 11.8 Å². The molecule has 0 aromatic heterocycles. The number of aliphatic hydroxyl groups excluding tert-OH is 1. The van der Waals surface area contributed by atoms with Crippen LogP contribution in [0.5, 0.6) is 0 Å². The van der Waals surface area contributed by atoms with Crippen molar-refractivity contribution in [1.82, 2.24) is 0 Å². The summed E-state index contributed by atoms with van der Waals surface area (Å²) in [5.41, 5.74) is -0.727. The Hall–Kier alpha value is -0.200. The van der Waals surface area contributed by atoms with E-state index >= 15 is 0 Å². The quantitative estimate of drug-likeness (QED) is 0.207. The van der Waals surface area contributed by atoms with Gasteiger partial charge < -0.3 is 16.4 Å². The van der Waals surface area contributed by atoms with Crippen LogP contribution in [0.15, 0.2) is 12.2 Å². The molecule has 6 heteroatoms. The number of Topliss-reactive ketones (excluding diaryl/α,β-unsaturated/α-hetero) is 1. The molecule has 28 heavy (non-hydrogen) atoms. The van der Waals surface area contributed by atoms with Gasteiger partial charge in [0.2, 0.25) is 0 Å². The minimum absolute atomic E-state index is 0. The molecule has 0 amide bonds. The smallest absolute Gasteiger partial charge is 1.00 e. The number of esters is 1. The SMILES string of the molecule is CCCCC(C)(O)C/C=C/[C@H]1[C@H](O)CC(=O)[C@@H]1CCCCCCC(=O)OC.[H-].[Na+]. The molecule has 0 bridgehead atoms. The molecular weight excluding hydrogens is 367 g/mol. The first-order valence-electron chi connectivity index (χ1n) is 10.5. The van der Waals surface area contributed by atoms with E-state index in [0.29, 0.717) is 12.8 Å². The molecule has 0 spiro atoms. The van der Waals surface area contributed by atoms with Crippen LogP contribution in [0.1, 0.15) is 85.9 Å². The van der Waals surface area contributed by atoms with Crippen molar-refractivity contribution in [3.8, 4) is 0 Å². The minimum atomic E-state index is -0.727. The second-order valence-electron chi connectivity index (χ2n) is 8.18. The average Bonchev–Trinajstić information content (AvgIpc) is 2.89. The van der Waals surface area contributed by atoms with Crippen LogP contribution in [0.4, 0.5) is 0 Å². The third-order valence-electron chi connectivity index (χ3n) is 5.59. The average molecular weight is 407 g/mol. The number of hydrogen-bond donors (Lipinski definition) is 2. The van der Waals surface area contributed by atoms with Crippen molar-refractivity contribution in [3.63, 3.8) is 0 Å². The molecule has 0 heterocycles. The zero-order valence-corrected chi connectivity index (χ0v) is 20.3. The topological polar surface area (TPSA) is 83.8 Å². The standard InChI is InChI=1S/C22H38O5.Na.H/c1-4-5-14-22(2,26)15-10-12-18-17(19(23)16-20(18)24)11-8-6-7-9-13-21(25)27-3;;/h10,12,17-18,20,24,26H,4-9,11,13-16H2,1-3H3;;/q;+1;-1/b12-10+;;/t17-,18-,20-,22?;;/m1../s1. The van der Waals surface area contributed by atoms with E-state index in [9.17, 15) is 19.8 Å². The van der Waals surface area contributed by atoms with Crippen molar-refractivity contribution in [2.45, 2.75) is 96.2 Å². The first-order chi connectivity index (χ1) is 12.8. The third kappa shape index (κ3) is 10.5. The molecule has 5 nitrogen and oxygen atoms in total. The van der Waals surface area contributed by atoms with Gasteiger partial charge >= 0.3 is 35.5 Å². The fraction of sp³-hybridized carbons (Fsp3) is 0.818. The van der Waals surface area contributed by atoms with Crippen LogP contribution in [-0.4, -0.2) is 40.8 Å². The van der Waals surface area contributed by atoms with Gasteiger partial charge in [0.05, 0.1) is 18.8 Å². The van der Waals surface area contributed by atoms with E-state index in [1.165, 1.54) is 7.11 Å². The molecule has 1 aliphatic rings. The fourth-order valence-corrected chi connectivity index (χ4v) is 3.82. The summed E-state index contributed by atoms with van der Waals surface area (Å²) >= 11 is 0. The van der Waals surface area contributed by atoms with Gasteiger partial charge in [-0.1, -0.05) is 51.2 Å². The number of hydrogen-bond acceptors (Lipinski definition) is 5. The molecule has 158 valence electrons. The minimum Gasteiger partial charge on any atom is -1.00 e. The van der Waals surface area contributed by atoms with E-state index in [0.717, 1.165) is 51.4 Å².